The molecule has 0 fully saturated rings. The van der Waals surface area contributed by atoms with E-state index in [4.69, 9.17) is 13.6 Å². The molecule has 0 aromatic rings. The van der Waals surface area contributed by atoms with E-state index in [2.05, 4.69) is 176 Å². The van der Waals surface area contributed by atoms with E-state index in [0.29, 0.717) is 27.4 Å². The minimum atomic E-state index is -0.789. The predicted molar refractivity (Wildman–Crippen MR) is 353 cm³/mol. The second kappa shape index (κ2) is 33.7. The Morgan fingerprint density at radius 1 is 0.857 bits per heavy atom. The fraction of sp³-hybridized carbons (Fsp3) is 0.762. The maximum Gasteiger partial charge on any atom is 0.165 e. The summed E-state index contributed by atoms with van der Waals surface area (Å²) < 4.78 is 20.6. The van der Waals surface area contributed by atoms with Crippen LogP contribution >= 0.6 is 243 Å². The Bertz CT molecular complexity index is 1210. The lowest BCUT2D eigenvalue weighted by Gasteiger charge is -2.47. The quantitative estimate of drug-likeness (QED) is 0.0531. The monoisotopic (exact) mass is 1330 g/mol. The highest BCUT2D eigenvalue weighted by Gasteiger charge is 2.47. The van der Waals surface area contributed by atoms with Crippen molar-refractivity contribution in [2.45, 2.75) is 72.2 Å². The number of carbonyl (C=O) groups excluding carboxylic acids is 1. The summed E-state index contributed by atoms with van der Waals surface area (Å²) >= 11 is 0. The van der Waals surface area contributed by atoms with Crippen molar-refractivity contribution in [1.29, 1.82) is 0 Å². The summed E-state index contributed by atoms with van der Waals surface area (Å²) in [4.78, 5) is 14.6. The van der Waals surface area contributed by atoms with Crippen LogP contribution in [0.25, 0.3) is 0 Å². The molecule has 0 heterocycles. The molecule has 0 bridgehead atoms. The Balaban J connectivity index is 3.64. The molecule has 1 N–H and O–H groups in total. The molecule has 0 aliphatic heterocycles. The van der Waals surface area contributed by atoms with E-state index < -0.39 is 60.6 Å². The largest absolute Gasteiger partial charge is 0.392 e. The lowest BCUT2D eigenvalue weighted by molar-refractivity contribution is -0.132. The molecule has 0 amide bonds. The average Bonchev–Trinajstić information content (AvgIpc) is 3.06. The van der Waals surface area contributed by atoms with Crippen molar-refractivity contribution in [2.75, 3.05) is 6.61 Å². The third-order valence-electron chi connectivity index (χ3n) is 8.56. The third-order valence-corrected chi connectivity index (χ3v) is 149. The van der Waals surface area contributed by atoms with Crippen LogP contribution in [0, 0.1) is 23.2 Å². The fourth-order valence-corrected chi connectivity index (χ4v) is 201. The molecule has 0 spiro atoms. The lowest BCUT2D eigenvalue weighted by Crippen LogP contribution is -2.47. The van der Waals surface area contributed by atoms with E-state index in [1.165, 1.54) is 5.57 Å². The van der Waals surface area contributed by atoms with Gasteiger partial charge in [0.2, 0.25) is 0 Å². The minimum Gasteiger partial charge on any atom is -0.392 e. The highest BCUT2D eigenvalue weighted by atomic mass is 33.2. The molecule has 0 aromatic carbocycles. The number of allylic oxidation sites excluding steroid dienone is 1. The maximum atomic E-state index is 14.6. The number of ketones is 1. The van der Waals surface area contributed by atoms with Crippen LogP contribution in [0.3, 0.4) is 0 Å². The van der Waals surface area contributed by atoms with Gasteiger partial charge in [-0.2, -0.15) is 0 Å². The standard InChI is InChI=1S/C21H66O5P30/c1-12(8-7-9-24-44(47(28)29)48(30)31)18(14(3)19(22)15(4)25-45(49(32)33)55(43-27)51(36)37)20(23)16-10-17(13(2)11-21(16,5)6)26-46(54(42)50(34)35)56(52(38)39)53(40)41/h11,14-18,20,23,43H,1,7-10,27-42H2,2-6H3. The lowest BCUT2D eigenvalue weighted by atomic mass is 9.62. The molecular weight excluding hydrogens is 1260 g/mol. The maximum absolute atomic E-state index is 14.6. The zero-order valence-corrected chi connectivity index (χ0v) is 63.3. The Kier molecular flexibility index (Phi) is 39.6. The summed E-state index contributed by atoms with van der Waals surface area (Å²) in [6, 6.07) is 0. The Hall–Kier alpha value is 11.9. The number of hydrogen-bond acceptors (Lipinski definition) is 5. The molecule has 1 aliphatic carbocycles. The summed E-state index contributed by atoms with van der Waals surface area (Å²) in [7, 11) is 47.1. The second-order valence-electron chi connectivity index (χ2n) is 13.1. The first-order valence-corrected chi connectivity index (χ1v) is 68.5. The van der Waals surface area contributed by atoms with E-state index >= 15 is 0 Å². The molecule has 27 atom stereocenters. The summed E-state index contributed by atoms with van der Waals surface area (Å²) in [5, 5.41) is 12.8. The van der Waals surface area contributed by atoms with Gasteiger partial charge in [0.25, 0.3) is 0 Å². The number of rotatable bonds is 26. The van der Waals surface area contributed by atoms with Crippen molar-refractivity contribution in [3.05, 3.63) is 23.8 Å². The Morgan fingerprint density at radius 2 is 1.38 bits per heavy atom. The molecule has 5 nitrogen and oxygen atoms in total. The van der Waals surface area contributed by atoms with Gasteiger partial charge in [-0.3, -0.25) is 4.79 Å². The van der Waals surface area contributed by atoms with E-state index in [-0.39, 0.29) is 79.1 Å². The number of carbonyl (C=O) groups is 1. The Morgan fingerprint density at radius 3 is 1.80 bits per heavy atom. The van der Waals surface area contributed by atoms with Crippen LogP contribution in [-0.4, -0.2) is 35.8 Å². The minimum absolute atomic E-state index is 0.0511. The van der Waals surface area contributed by atoms with Gasteiger partial charge >= 0.3 is 0 Å². The first kappa shape index (κ1) is 65.9. The van der Waals surface area contributed by atoms with E-state index in [1.54, 1.807) is 0 Å². The zero-order chi connectivity index (χ0) is 43.6. The van der Waals surface area contributed by atoms with Crippen LogP contribution in [0.4, 0.5) is 0 Å². The van der Waals surface area contributed by atoms with Crippen molar-refractivity contribution < 1.29 is 23.5 Å². The molecule has 330 valence electrons. The number of aliphatic hydroxyl groups is 1. The zero-order valence-electron chi connectivity index (χ0n) is 32.2. The third kappa shape index (κ3) is 22.2. The van der Waals surface area contributed by atoms with Crippen LogP contribution in [0.1, 0.15) is 53.9 Å². The summed E-state index contributed by atoms with van der Waals surface area (Å²) in [6.45, 7) is 12.3. The van der Waals surface area contributed by atoms with Gasteiger partial charge in [-0.1, -0.05) is 55.9 Å². The van der Waals surface area contributed by atoms with Crippen LogP contribution < -0.4 is 0 Å². The van der Waals surface area contributed by atoms with Crippen molar-refractivity contribution in [1.82, 2.24) is 0 Å². The molecule has 56 heavy (non-hydrogen) atoms. The molecular formula is C21H66O5P30. The molecule has 1 aliphatic rings. The molecule has 0 radical (unpaired) electrons. The van der Waals surface area contributed by atoms with Gasteiger partial charge < -0.3 is 18.7 Å². The van der Waals surface area contributed by atoms with E-state index in [0.717, 1.165) is 12.0 Å². The van der Waals surface area contributed by atoms with Gasteiger partial charge in [0.05, 0.1) is 41.4 Å². The fourth-order valence-electron chi connectivity index (χ4n) is 6.03. The van der Waals surface area contributed by atoms with Gasteiger partial charge in [-0.15, -0.1) is 134 Å². The molecule has 0 aromatic heterocycles. The van der Waals surface area contributed by atoms with Crippen molar-refractivity contribution in [3.63, 3.8) is 0 Å². The van der Waals surface area contributed by atoms with Crippen molar-refractivity contribution >= 4 is 249 Å². The van der Waals surface area contributed by atoms with Crippen molar-refractivity contribution in [3.8, 4) is 0 Å². The first-order valence-electron chi connectivity index (χ1n) is 16.4. The van der Waals surface area contributed by atoms with Crippen LogP contribution in [0.5, 0.6) is 0 Å². The van der Waals surface area contributed by atoms with Crippen LogP contribution in [-0.2, 0) is 18.4 Å². The number of Topliss-reactive ketones (excluding diaryl/α,β-unsaturated/α-hetero) is 1. The molecule has 35 heteroatoms. The van der Waals surface area contributed by atoms with Gasteiger partial charge in [-0.05, 0) is 98.9 Å². The molecule has 0 saturated carbocycles. The molecule has 27 unspecified atom stereocenters. The van der Waals surface area contributed by atoms with Crippen LogP contribution in [0.15, 0.2) is 23.8 Å². The summed E-state index contributed by atoms with van der Waals surface area (Å²) in [5.41, 5.74) is 1.86. The summed E-state index contributed by atoms with van der Waals surface area (Å²) in [5.74, 6) is -0.983. The van der Waals surface area contributed by atoms with Gasteiger partial charge in [-0.25, -0.2) is 0 Å². The van der Waals surface area contributed by atoms with E-state index in [9.17, 15) is 9.90 Å². The van der Waals surface area contributed by atoms with E-state index in [1.807, 2.05) is 13.8 Å². The Labute approximate surface area is 394 Å². The van der Waals surface area contributed by atoms with Gasteiger partial charge in [0.1, 0.15) is 6.10 Å². The van der Waals surface area contributed by atoms with Gasteiger partial charge in [0.15, 0.2) is 5.78 Å². The van der Waals surface area contributed by atoms with Crippen molar-refractivity contribution in [2.24, 2.45) is 23.2 Å². The molecule has 0 saturated heterocycles. The second-order valence-corrected chi connectivity index (χ2v) is 120. The number of hydrogen-bond donors (Lipinski definition) is 1. The highest BCUT2D eigenvalue weighted by molar-refractivity contribution is 9.19. The van der Waals surface area contributed by atoms with Gasteiger partial charge in [0, 0.05) is 32.8 Å². The predicted octanol–water partition coefficient (Wildman–Crippen LogP) is 20.7. The number of aliphatic hydroxyl groups excluding tert-OH is 1. The summed E-state index contributed by atoms with van der Waals surface area (Å²) in [6.07, 6.45) is 3.09. The topological polar surface area (TPSA) is 65.0 Å². The smallest absolute Gasteiger partial charge is 0.165 e. The normalized spacial score (nSPS) is 22.6. The SMILES string of the molecule is C=C(CCCOP(P(P)P)P(P)P)C(C(C)C(=O)C(C)OP(P(P)P)P(PP)P(P)P)C(O)C1CC(OP(P(P)P(P)P)P(P(P)P)P(P)P)C(C)=CC1(C)C. The average molecular weight is 1330 g/mol. The highest BCUT2D eigenvalue weighted by Crippen LogP contribution is 3.18. The van der Waals surface area contributed by atoms with Crippen LogP contribution in [0.2, 0.25) is 0 Å². The first-order chi connectivity index (χ1) is 25.7. The molecule has 1 rings (SSSR count).